The van der Waals surface area contributed by atoms with Gasteiger partial charge >= 0.3 is 0 Å². The Labute approximate surface area is 185 Å². The molecule has 0 aliphatic carbocycles. The number of anilines is 2. The number of piperazine rings is 1. The van der Waals surface area contributed by atoms with Crippen LogP contribution in [-0.4, -0.2) is 49.7 Å². The lowest BCUT2D eigenvalue weighted by atomic mass is 10.0. The smallest absolute Gasteiger partial charge is 0.263 e. The monoisotopic (exact) mass is 437 g/mol. The van der Waals surface area contributed by atoms with Gasteiger partial charge < -0.3 is 26.0 Å². The van der Waals surface area contributed by atoms with Crippen molar-refractivity contribution in [3.8, 4) is 5.75 Å². The van der Waals surface area contributed by atoms with Gasteiger partial charge in [-0.1, -0.05) is 6.07 Å². The molecule has 0 spiro atoms. The summed E-state index contributed by atoms with van der Waals surface area (Å²) < 4.78 is 6.03. The van der Waals surface area contributed by atoms with Gasteiger partial charge in [0.05, 0.1) is 11.7 Å². The van der Waals surface area contributed by atoms with E-state index in [2.05, 4.69) is 38.7 Å². The van der Waals surface area contributed by atoms with Crippen molar-refractivity contribution < 1.29 is 9.53 Å². The van der Waals surface area contributed by atoms with Crippen LogP contribution in [0.4, 0.5) is 11.4 Å². The van der Waals surface area contributed by atoms with Crippen molar-refractivity contribution in [1.82, 2.24) is 15.6 Å². The van der Waals surface area contributed by atoms with Crippen LogP contribution in [0.15, 0.2) is 24.3 Å². The first-order valence-electron chi connectivity index (χ1n) is 10.7. The number of hydrogen-bond donors (Lipinski definition) is 3. The van der Waals surface area contributed by atoms with Crippen molar-refractivity contribution in [2.45, 2.75) is 26.3 Å². The molecule has 31 heavy (non-hydrogen) atoms. The van der Waals surface area contributed by atoms with Gasteiger partial charge in [0.25, 0.3) is 5.91 Å². The van der Waals surface area contributed by atoms with Gasteiger partial charge in [0, 0.05) is 49.0 Å². The quantitative estimate of drug-likeness (QED) is 0.583. The number of nitrogens with two attached hydrogens (primary N) is 1. The van der Waals surface area contributed by atoms with Crippen molar-refractivity contribution in [2.75, 3.05) is 43.4 Å². The number of nitrogens with one attached hydrogen (secondary N) is 2. The first-order valence-corrected chi connectivity index (χ1v) is 11.5. The molecule has 0 unspecified atom stereocenters. The molecule has 1 aromatic carbocycles. The summed E-state index contributed by atoms with van der Waals surface area (Å²) in [6.45, 7) is 8.41. The summed E-state index contributed by atoms with van der Waals surface area (Å²) in [5.41, 5.74) is 11.1. The minimum atomic E-state index is -0.160. The van der Waals surface area contributed by atoms with Crippen LogP contribution in [0.3, 0.4) is 0 Å². The van der Waals surface area contributed by atoms with E-state index in [-0.39, 0.29) is 11.9 Å². The molecular formula is C23H27N5O2S. The van der Waals surface area contributed by atoms with Gasteiger partial charge in [0.1, 0.15) is 22.1 Å². The van der Waals surface area contributed by atoms with Gasteiger partial charge in [-0.05, 0) is 43.5 Å². The van der Waals surface area contributed by atoms with Crippen molar-refractivity contribution in [3.63, 3.8) is 0 Å². The number of carbonyl (C=O) groups is 1. The predicted octanol–water partition coefficient (Wildman–Crippen LogP) is 2.64. The Bertz CT molecular complexity index is 1150. The summed E-state index contributed by atoms with van der Waals surface area (Å²) >= 11 is 1.35. The standard InChI is InChI=1S/C23H27N5O2S/c1-13-9-14(2)26-23-19(13)20(24)21(31-23)22(29)27-16-10-15-3-4-17(11-18(15)30-12-16)28-7-5-25-6-8-28/h3-4,9,11,16,25H,5-8,10,12,24H2,1-2H3,(H,27,29)/t16-/m1/s1. The van der Waals surface area contributed by atoms with E-state index in [9.17, 15) is 4.79 Å². The van der Waals surface area contributed by atoms with Gasteiger partial charge in [-0.15, -0.1) is 11.3 Å². The van der Waals surface area contributed by atoms with Crippen molar-refractivity contribution in [3.05, 3.63) is 46.0 Å². The summed E-state index contributed by atoms with van der Waals surface area (Å²) in [6, 6.07) is 8.30. The lowest BCUT2D eigenvalue weighted by Crippen LogP contribution is -2.44. The maximum absolute atomic E-state index is 13.0. The molecule has 8 heteroatoms. The first kappa shape index (κ1) is 20.1. The first-order chi connectivity index (χ1) is 15.0. The Kier molecular flexibility index (Phi) is 5.19. The number of hydrogen-bond acceptors (Lipinski definition) is 7. The Morgan fingerprint density at radius 3 is 2.90 bits per heavy atom. The molecular weight excluding hydrogens is 410 g/mol. The molecule has 0 radical (unpaired) electrons. The molecule has 0 bridgehead atoms. The van der Waals surface area contributed by atoms with Gasteiger partial charge in [-0.2, -0.15) is 0 Å². The number of aromatic nitrogens is 1. The molecule has 3 aromatic rings. The summed E-state index contributed by atoms with van der Waals surface area (Å²) in [4.78, 5) is 21.3. The zero-order valence-electron chi connectivity index (χ0n) is 17.8. The Balaban J connectivity index is 1.31. The second-order valence-corrected chi connectivity index (χ2v) is 9.32. The Hall–Kier alpha value is -2.84. The van der Waals surface area contributed by atoms with Crippen LogP contribution >= 0.6 is 11.3 Å². The number of benzene rings is 1. The third-order valence-corrected chi connectivity index (χ3v) is 7.10. The van der Waals surface area contributed by atoms with E-state index in [1.165, 1.54) is 17.0 Å². The molecule has 2 aliphatic rings. The van der Waals surface area contributed by atoms with Gasteiger partial charge in [0.15, 0.2) is 0 Å². The zero-order chi connectivity index (χ0) is 21.5. The summed E-state index contributed by atoms with van der Waals surface area (Å²) in [6.07, 6.45) is 0.740. The van der Waals surface area contributed by atoms with Gasteiger partial charge in [-0.25, -0.2) is 4.98 Å². The molecule has 1 amide bonds. The highest BCUT2D eigenvalue weighted by Crippen LogP contribution is 2.35. The third-order valence-electron chi connectivity index (χ3n) is 6.00. The highest BCUT2D eigenvalue weighted by molar-refractivity contribution is 7.21. The molecule has 1 atom stereocenters. The van der Waals surface area contributed by atoms with Crippen LogP contribution in [0, 0.1) is 13.8 Å². The molecule has 2 aliphatic heterocycles. The van der Waals surface area contributed by atoms with Crippen LogP contribution in [0.2, 0.25) is 0 Å². The number of pyridine rings is 1. The fourth-order valence-electron chi connectivity index (χ4n) is 4.46. The molecule has 7 nitrogen and oxygen atoms in total. The lowest BCUT2D eigenvalue weighted by molar-refractivity contribution is 0.0920. The fraction of sp³-hybridized carbons (Fsp3) is 0.391. The number of amides is 1. The highest BCUT2D eigenvalue weighted by Gasteiger charge is 2.26. The largest absolute Gasteiger partial charge is 0.491 e. The molecule has 0 saturated carbocycles. The summed E-state index contributed by atoms with van der Waals surface area (Å²) in [5.74, 6) is 0.755. The predicted molar refractivity (Wildman–Crippen MR) is 125 cm³/mol. The number of aryl methyl sites for hydroxylation is 2. The van der Waals surface area contributed by atoms with E-state index in [1.54, 1.807) is 0 Å². The molecule has 162 valence electrons. The average Bonchev–Trinajstić information content (AvgIpc) is 3.10. The summed E-state index contributed by atoms with van der Waals surface area (Å²) in [5, 5.41) is 7.37. The fourth-order valence-corrected chi connectivity index (χ4v) is 5.58. The van der Waals surface area contributed by atoms with Gasteiger partial charge in [0.2, 0.25) is 0 Å². The minimum absolute atomic E-state index is 0.0922. The molecule has 1 saturated heterocycles. The minimum Gasteiger partial charge on any atom is -0.491 e. The zero-order valence-corrected chi connectivity index (χ0v) is 18.6. The average molecular weight is 438 g/mol. The number of ether oxygens (including phenoxy) is 1. The van der Waals surface area contributed by atoms with Crippen LogP contribution in [-0.2, 0) is 6.42 Å². The third kappa shape index (κ3) is 3.81. The van der Waals surface area contributed by atoms with E-state index in [4.69, 9.17) is 10.5 Å². The van der Waals surface area contributed by atoms with Crippen LogP contribution in [0.1, 0.15) is 26.5 Å². The number of rotatable bonds is 3. The van der Waals surface area contributed by atoms with Gasteiger partial charge in [-0.3, -0.25) is 4.79 Å². The number of thiophene rings is 1. The van der Waals surface area contributed by atoms with E-state index in [1.807, 2.05) is 19.9 Å². The van der Waals surface area contributed by atoms with E-state index < -0.39 is 0 Å². The molecule has 1 fully saturated rings. The summed E-state index contributed by atoms with van der Waals surface area (Å²) in [7, 11) is 0. The number of nitrogen functional groups attached to an aromatic ring is 1. The lowest BCUT2D eigenvalue weighted by Gasteiger charge is -2.31. The molecule has 5 rings (SSSR count). The van der Waals surface area contributed by atoms with E-state index in [0.29, 0.717) is 17.2 Å². The van der Waals surface area contributed by atoms with Crippen LogP contribution in [0.5, 0.6) is 5.75 Å². The van der Waals surface area contributed by atoms with Crippen LogP contribution < -0.4 is 26.0 Å². The van der Waals surface area contributed by atoms with Crippen molar-refractivity contribution >= 4 is 38.8 Å². The molecule has 4 N–H and O–H groups in total. The van der Waals surface area contributed by atoms with Crippen molar-refractivity contribution in [2.24, 2.45) is 0 Å². The number of carbonyl (C=O) groups excluding carboxylic acids is 1. The second-order valence-electron chi connectivity index (χ2n) is 8.32. The van der Waals surface area contributed by atoms with E-state index >= 15 is 0 Å². The topological polar surface area (TPSA) is 92.5 Å². The Morgan fingerprint density at radius 1 is 1.29 bits per heavy atom. The maximum atomic E-state index is 13.0. The Morgan fingerprint density at radius 2 is 2.10 bits per heavy atom. The number of nitrogens with zero attached hydrogens (tertiary/aromatic N) is 2. The molecule has 4 heterocycles. The van der Waals surface area contributed by atoms with Crippen LogP contribution in [0.25, 0.3) is 10.2 Å². The SMILES string of the molecule is Cc1cc(C)c2c(N)c(C(=O)N[C@H]3COc4cc(N5CCNCC5)ccc4C3)sc2n1. The van der Waals surface area contributed by atoms with E-state index in [0.717, 1.165) is 65.4 Å². The maximum Gasteiger partial charge on any atom is 0.263 e. The van der Waals surface area contributed by atoms with Crippen molar-refractivity contribution in [1.29, 1.82) is 0 Å². The normalized spacial score (nSPS) is 18.5. The second kappa shape index (κ2) is 8.01. The molecule has 2 aromatic heterocycles. The highest BCUT2D eigenvalue weighted by atomic mass is 32.1. The number of fused-ring (bicyclic) bond motifs is 2.